The van der Waals surface area contributed by atoms with Gasteiger partial charge in [-0.15, -0.1) is 0 Å². The van der Waals surface area contributed by atoms with Crippen molar-refractivity contribution in [3.63, 3.8) is 0 Å². The highest BCUT2D eigenvalue weighted by molar-refractivity contribution is 8.07. The van der Waals surface area contributed by atoms with Gasteiger partial charge in [0.1, 0.15) is 12.2 Å². The number of thioether (sulfide) groups is 2. The van der Waals surface area contributed by atoms with Crippen LogP contribution in [0.25, 0.3) is 0 Å². The summed E-state index contributed by atoms with van der Waals surface area (Å²) < 4.78 is 1.83. The molecule has 1 aromatic rings. The Bertz CT molecular complexity index is 370. The van der Waals surface area contributed by atoms with Gasteiger partial charge < -0.3 is 0 Å². The van der Waals surface area contributed by atoms with Gasteiger partial charge in [0.15, 0.2) is 0 Å². The third-order valence-corrected chi connectivity index (χ3v) is 6.72. The monoisotopic (exact) mass is 287 g/mol. The fourth-order valence-corrected chi connectivity index (χ4v) is 5.53. The first-order valence-corrected chi connectivity index (χ1v) is 8.38. The molecule has 3 N–H and O–H groups in total. The molecule has 3 atom stereocenters. The molecule has 0 aromatic carbocycles. The van der Waals surface area contributed by atoms with E-state index in [4.69, 9.17) is 5.84 Å². The molecule has 2 heterocycles. The average Bonchev–Trinajstić information content (AvgIpc) is 2.81. The molecule has 3 unspecified atom stereocenters. The smallest absolute Gasteiger partial charge is 0.138 e. The predicted molar refractivity (Wildman–Crippen MR) is 78.6 cm³/mol. The summed E-state index contributed by atoms with van der Waals surface area (Å²) in [5.74, 6) is 9.21. The zero-order valence-electron chi connectivity index (χ0n) is 10.9. The molecule has 0 saturated carbocycles. The van der Waals surface area contributed by atoms with E-state index in [-0.39, 0.29) is 6.04 Å². The Morgan fingerprint density at radius 1 is 1.56 bits per heavy atom. The normalized spacial score (nSPS) is 26.2. The van der Waals surface area contributed by atoms with Crippen LogP contribution < -0.4 is 11.3 Å². The van der Waals surface area contributed by atoms with Crippen molar-refractivity contribution >= 4 is 23.5 Å². The van der Waals surface area contributed by atoms with Gasteiger partial charge in [-0.2, -0.15) is 28.6 Å². The summed E-state index contributed by atoms with van der Waals surface area (Å²) in [7, 11) is 1.93. The minimum absolute atomic E-state index is 0.260. The quantitative estimate of drug-likeness (QED) is 0.617. The van der Waals surface area contributed by atoms with Crippen molar-refractivity contribution in [1.82, 2.24) is 20.2 Å². The van der Waals surface area contributed by atoms with Crippen molar-refractivity contribution < 1.29 is 0 Å². The summed E-state index contributed by atoms with van der Waals surface area (Å²) in [6.45, 7) is 2.26. The number of hydrogen-bond donors (Lipinski definition) is 2. The minimum atomic E-state index is 0.260. The van der Waals surface area contributed by atoms with Crippen molar-refractivity contribution in [2.45, 2.75) is 36.3 Å². The van der Waals surface area contributed by atoms with E-state index in [2.05, 4.69) is 34.2 Å². The SMILES string of the molecule is CCC1SCCSC1C(Cc1ncnn1C)NN. The van der Waals surface area contributed by atoms with Crippen LogP contribution in [0.5, 0.6) is 0 Å². The largest absolute Gasteiger partial charge is 0.271 e. The van der Waals surface area contributed by atoms with Crippen molar-refractivity contribution in [2.24, 2.45) is 12.9 Å². The molecular formula is C11H21N5S2. The molecule has 7 heteroatoms. The first-order chi connectivity index (χ1) is 8.76. The van der Waals surface area contributed by atoms with Crippen LogP contribution in [-0.2, 0) is 13.5 Å². The molecule has 1 aliphatic rings. The Balaban J connectivity index is 2.05. The van der Waals surface area contributed by atoms with Gasteiger partial charge in [0.05, 0.1) is 0 Å². The number of nitrogens with one attached hydrogen (secondary N) is 1. The number of hydrogen-bond acceptors (Lipinski definition) is 6. The molecule has 5 nitrogen and oxygen atoms in total. The molecule has 0 radical (unpaired) electrons. The highest BCUT2D eigenvalue weighted by Gasteiger charge is 2.32. The third kappa shape index (κ3) is 3.20. The summed E-state index contributed by atoms with van der Waals surface area (Å²) in [6.07, 6.45) is 3.63. The molecule has 0 aliphatic carbocycles. The lowest BCUT2D eigenvalue weighted by Crippen LogP contribution is -2.49. The lowest BCUT2D eigenvalue weighted by atomic mass is 10.1. The molecule has 1 aliphatic heterocycles. The maximum Gasteiger partial charge on any atom is 0.138 e. The topological polar surface area (TPSA) is 68.8 Å². The van der Waals surface area contributed by atoms with Gasteiger partial charge >= 0.3 is 0 Å². The molecular weight excluding hydrogens is 266 g/mol. The van der Waals surface area contributed by atoms with E-state index in [9.17, 15) is 0 Å². The van der Waals surface area contributed by atoms with E-state index in [1.807, 2.05) is 23.5 Å². The summed E-state index contributed by atoms with van der Waals surface area (Å²) in [4.78, 5) is 4.29. The van der Waals surface area contributed by atoms with Crippen LogP contribution >= 0.6 is 23.5 Å². The Morgan fingerprint density at radius 3 is 2.94 bits per heavy atom. The second kappa shape index (κ2) is 6.79. The van der Waals surface area contributed by atoms with Gasteiger partial charge in [-0.05, 0) is 6.42 Å². The van der Waals surface area contributed by atoms with Gasteiger partial charge in [0.2, 0.25) is 0 Å². The predicted octanol–water partition coefficient (Wildman–Crippen LogP) is 0.817. The number of nitrogens with two attached hydrogens (primary N) is 1. The standard InChI is InChI=1S/C11H21N5S2/c1-3-9-11(18-5-4-17-9)8(15-12)6-10-13-7-14-16(10)2/h7-9,11,15H,3-6,12H2,1-2H3. The number of hydrazine groups is 1. The van der Waals surface area contributed by atoms with E-state index in [1.165, 1.54) is 17.9 Å². The second-order valence-corrected chi connectivity index (χ2v) is 7.06. The maximum absolute atomic E-state index is 5.76. The zero-order valence-corrected chi connectivity index (χ0v) is 12.5. The molecule has 1 aromatic heterocycles. The van der Waals surface area contributed by atoms with Crippen LogP contribution in [-0.4, -0.2) is 42.8 Å². The van der Waals surface area contributed by atoms with Gasteiger partial charge in [-0.1, -0.05) is 6.92 Å². The summed E-state index contributed by atoms with van der Waals surface area (Å²) in [5, 5.41) is 5.34. The van der Waals surface area contributed by atoms with Gasteiger partial charge in [-0.3, -0.25) is 16.0 Å². The van der Waals surface area contributed by atoms with E-state index in [1.54, 1.807) is 6.33 Å². The Kier molecular flexibility index (Phi) is 5.35. The van der Waals surface area contributed by atoms with E-state index >= 15 is 0 Å². The Labute approximate surface area is 117 Å². The Hall–Kier alpha value is -0.240. The molecule has 2 rings (SSSR count). The highest BCUT2D eigenvalue weighted by Crippen LogP contribution is 2.35. The number of aromatic nitrogens is 3. The van der Waals surface area contributed by atoms with Crippen LogP contribution in [0.3, 0.4) is 0 Å². The lowest BCUT2D eigenvalue weighted by molar-refractivity contribution is 0.473. The molecule has 0 amide bonds. The molecule has 18 heavy (non-hydrogen) atoms. The Morgan fingerprint density at radius 2 is 2.33 bits per heavy atom. The number of rotatable bonds is 5. The zero-order chi connectivity index (χ0) is 13.0. The van der Waals surface area contributed by atoms with Crippen molar-refractivity contribution in [3.8, 4) is 0 Å². The van der Waals surface area contributed by atoms with E-state index in [0.717, 1.165) is 12.2 Å². The second-order valence-electron chi connectivity index (χ2n) is 4.43. The van der Waals surface area contributed by atoms with Gasteiger partial charge in [-0.25, -0.2) is 4.98 Å². The maximum atomic E-state index is 5.76. The first-order valence-electron chi connectivity index (χ1n) is 6.28. The van der Waals surface area contributed by atoms with Crippen LogP contribution in [0.4, 0.5) is 0 Å². The molecule has 1 fully saturated rings. The lowest BCUT2D eigenvalue weighted by Gasteiger charge is -2.35. The van der Waals surface area contributed by atoms with Crippen molar-refractivity contribution in [1.29, 1.82) is 0 Å². The van der Waals surface area contributed by atoms with Gasteiger partial charge in [0.25, 0.3) is 0 Å². The van der Waals surface area contributed by atoms with Crippen molar-refractivity contribution in [2.75, 3.05) is 11.5 Å². The van der Waals surface area contributed by atoms with Crippen LogP contribution in [0.15, 0.2) is 6.33 Å². The first kappa shape index (κ1) is 14.2. The number of aryl methyl sites for hydroxylation is 1. The van der Waals surface area contributed by atoms with Crippen LogP contribution in [0, 0.1) is 0 Å². The third-order valence-electron chi connectivity index (χ3n) is 3.31. The fraction of sp³-hybridized carbons (Fsp3) is 0.818. The average molecular weight is 287 g/mol. The summed E-state index contributed by atoms with van der Waals surface area (Å²) in [6, 6.07) is 0.260. The van der Waals surface area contributed by atoms with Gasteiger partial charge in [0, 0.05) is 41.5 Å². The van der Waals surface area contributed by atoms with E-state index < -0.39 is 0 Å². The summed E-state index contributed by atoms with van der Waals surface area (Å²) >= 11 is 4.11. The van der Waals surface area contributed by atoms with Crippen molar-refractivity contribution in [3.05, 3.63) is 12.2 Å². The number of nitrogens with zero attached hydrogens (tertiary/aromatic N) is 3. The minimum Gasteiger partial charge on any atom is -0.271 e. The molecule has 1 saturated heterocycles. The highest BCUT2D eigenvalue weighted by atomic mass is 32.2. The molecule has 0 spiro atoms. The van der Waals surface area contributed by atoms with E-state index in [0.29, 0.717) is 10.5 Å². The fourth-order valence-electron chi connectivity index (χ4n) is 2.28. The molecule has 102 valence electrons. The summed E-state index contributed by atoms with van der Waals surface area (Å²) in [5.41, 5.74) is 2.99. The molecule has 0 bridgehead atoms. The van der Waals surface area contributed by atoms with Crippen LogP contribution in [0.1, 0.15) is 19.2 Å². The van der Waals surface area contributed by atoms with Crippen LogP contribution in [0.2, 0.25) is 0 Å².